The summed E-state index contributed by atoms with van der Waals surface area (Å²) in [6.07, 6.45) is 0. The van der Waals surface area contributed by atoms with Crippen molar-refractivity contribution in [3.63, 3.8) is 0 Å². The number of aromatic nitrogens is 3. The molecule has 0 aliphatic carbocycles. The Kier molecular flexibility index (Phi) is 2.37. The molecule has 0 aliphatic heterocycles. The predicted octanol–water partition coefficient (Wildman–Crippen LogP) is 1.84. The van der Waals surface area contributed by atoms with Crippen LogP contribution in [-0.2, 0) is 0 Å². The Labute approximate surface area is 87.3 Å². The molecule has 2 aromatic rings. The van der Waals surface area contributed by atoms with Crippen molar-refractivity contribution in [2.45, 2.75) is 19.8 Å². The zero-order chi connectivity index (χ0) is 10.8. The Bertz CT molecular complexity index is 464. The first-order valence-electron chi connectivity index (χ1n) is 4.73. The fourth-order valence-corrected chi connectivity index (χ4v) is 1.15. The van der Waals surface area contributed by atoms with Gasteiger partial charge in [0, 0.05) is 5.92 Å². The van der Waals surface area contributed by atoms with Crippen LogP contribution in [0.25, 0.3) is 11.5 Å². The van der Waals surface area contributed by atoms with Crippen LogP contribution in [0.3, 0.4) is 0 Å². The molecular weight excluding hydrogens is 192 g/mol. The zero-order valence-corrected chi connectivity index (χ0v) is 8.64. The van der Waals surface area contributed by atoms with Crippen LogP contribution < -0.4 is 5.73 Å². The van der Waals surface area contributed by atoms with Crippen molar-refractivity contribution in [3.8, 4) is 11.5 Å². The van der Waals surface area contributed by atoms with Crippen molar-refractivity contribution >= 4 is 5.82 Å². The average Bonchev–Trinajstić information content (AvgIpc) is 2.66. The van der Waals surface area contributed by atoms with Gasteiger partial charge in [-0.25, -0.2) is 4.98 Å². The number of hydrogen-bond donors (Lipinski definition) is 1. The molecule has 0 amide bonds. The van der Waals surface area contributed by atoms with Gasteiger partial charge in [-0.2, -0.15) is 4.98 Å². The molecule has 5 nitrogen and oxygen atoms in total. The topological polar surface area (TPSA) is 77.8 Å². The summed E-state index contributed by atoms with van der Waals surface area (Å²) in [5.41, 5.74) is 6.20. The highest BCUT2D eigenvalue weighted by molar-refractivity contribution is 5.51. The van der Waals surface area contributed by atoms with Gasteiger partial charge in [0.15, 0.2) is 0 Å². The van der Waals surface area contributed by atoms with Crippen molar-refractivity contribution in [1.82, 2.24) is 15.1 Å². The van der Waals surface area contributed by atoms with Gasteiger partial charge in [-0.15, -0.1) is 0 Å². The lowest BCUT2D eigenvalue weighted by Gasteiger charge is -1.95. The molecule has 5 heteroatoms. The summed E-state index contributed by atoms with van der Waals surface area (Å²) in [6.45, 7) is 3.98. The lowest BCUT2D eigenvalue weighted by molar-refractivity contribution is 0.365. The zero-order valence-electron chi connectivity index (χ0n) is 8.64. The van der Waals surface area contributed by atoms with Crippen LogP contribution in [0.4, 0.5) is 5.82 Å². The molecule has 2 aromatic heterocycles. The van der Waals surface area contributed by atoms with Crippen LogP contribution >= 0.6 is 0 Å². The number of anilines is 1. The molecule has 0 aliphatic rings. The smallest absolute Gasteiger partial charge is 0.229 e. The molecule has 0 saturated carbocycles. The van der Waals surface area contributed by atoms with Gasteiger partial charge in [-0.05, 0) is 12.1 Å². The molecule has 0 fully saturated rings. The Morgan fingerprint density at radius 1 is 1.27 bits per heavy atom. The lowest BCUT2D eigenvalue weighted by Crippen LogP contribution is -1.93. The monoisotopic (exact) mass is 204 g/mol. The van der Waals surface area contributed by atoms with Crippen LogP contribution in [0.1, 0.15) is 25.7 Å². The molecule has 0 aromatic carbocycles. The maximum absolute atomic E-state index is 5.57. The van der Waals surface area contributed by atoms with E-state index in [1.807, 2.05) is 19.9 Å². The van der Waals surface area contributed by atoms with Crippen molar-refractivity contribution in [1.29, 1.82) is 0 Å². The summed E-state index contributed by atoms with van der Waals surface area (Å²) in [6, 6.07) is 5.32. The molecule has 78 valence electrons. The second kappa shape index (κ2) is 3.68. The Morgan fingerprint density at radius 3 is 2.67 bits per heavy atom. The van der Waals surface area contributed by atoms with Gasteiger partial charge in [-0.3, -0.25) is 0 Å². The highest BCUT2D eigenvalue weighted by Crippen LogP contribution is 2.18. The summed E-state index contributed by atoms with van der Waals surface area (Å²) in [7, 11) is 0. The van der Waals surface area contributed by atoms with E-state index < -0.39 is 0 Å². The second-order valence-electron chi connectivity index (χ2n) is 3.56. The molecular formula is C10H12N4O. The van der Waals surface area contributed by atoms with Gasteiger partial charge in [0.2, 0.25) is 11.7 Å². The van der Waals surface area contributed by atoms with E-state index in [0.29, 0.717) is 23.2 Å². The first-order chi connectivity index (χ1) is 7.16. The van der Waals surface area contributed by atoms with E-state index >= 15 is 0 Å². The fraction of sp³-hybridized carbons (Fsp3) is 0.300. The van der Waals surface area contributed by atoms with Crippen molar-refractivity contribution in [2.24, 2.45) is 0 Å². The maximum atomic E-state index is 5.57. The molecule has 15 heavy (non-hydrogen) atoms. The highest BCUT2D eigenvalue weighted by atomic mass is 16.5. The Morgan fingerprint density at radius 2 is 2.07 bits per heavy atom. The first kappa shape index (κ1) is 9.64. The SMILES string of the molecule is CC(C)c1nc(-c2cccc(N)n2)no1. The van der Waals surface area contributed by atoms with E-state index in [2.05, 4.69) is 15.1 Å². The average molecular weight is 204 g/mol. The van der Waals surface area contributed by atoms with Crippen LogP contribution in [0.15, 0.2) is 22.7 Å². The van der Waals surface area contributed by atoms with E-state index in [1.54, 1.807) is 12.1 Å². The molecule has 0 saturated heterocycles. The molecule has 0 spiro atoms. The Hall–Kier alpha value is -1.91. The predicted molar refractivity (Wildman–Crippen MR) is 56.0 cm³/mol. The lowest BCUT2D eigenvalue weighted by atomic mass is 10.2. The minimum Gasteiger partial charge on any atom is -0.384 e. The van der Waals surface area contributed by atoms with Crippen molar-refractivity contribution in [3.05, 3.63) is 24.1 Å². The quantitative estimate of drug-likeness (QED) is 0.807. The molecule has 2 N–H and O–H groups in total. The summed E-state index contributed by atoms with van der Waals surface area (Å²) < 4.78 is 5.08. The summed E-state index contributed by atoms with van der Waals surface area (Å²) in [5, 5.41) is 3.84. The third kappa shape index (κ3) is 1.96. The standard InChI is InChI=1S/C10H12N4O/c1-6(2)10-13-9(14-15-10)7-4-3-5-8(11)12-7/h3-6H,1-2H3,(H2,11,12). The number of nitrogens with zero attached hydrogens (tertiary/aromatic N) is 3. The van der Waals surface area contributed by atoms with Crippen LogP contribution in [-0.4, -0.2) is 15.1 Å². The number of nitrogens with two attached hydrogens (primary N) is 1. The summed E-state index contributed by atoms with van der Waals surface area (Å²) >= 11 is 0. The molecule has 2 rings (SSSR count). The van der Waals surface area contributed by atoms with Gasteiger partial charge >= 0.3 is 0 Å². The van der Waals surface area contributed by atoms with E-state index in [-0.39, 0.29) is 5.92 Å². The summed E-state index contributed by atoms with van der Waals surface area (Å²) in [4.78, 5) is 8.33. The maximum Gasteiger partial charge on any atom is 0.229 e. The second-order valence-corrected chi connectivity index (χ2v) is 3.56. The van der Waals surface area contributed by atoms with E-state index in [9.17, 15) is 0 Å². The highest BCUT2D eigenvalue weighted by Gasteiger charge is 2.12. The van der Waals surface area contributed by atoms with Gasteiger partial charge < -0.3 is 10.3 Å². The van der Waals surface area contributed by atoms with Crippen LogP contribution in [0.2, 0.25) is 0 Å². The van der Waals surface area contributed by atoms with Gasteiger partial charge in [0.25, 0.3) is 0 Å². The van der Waals surface area contributed by atoms with Crippen LogP contribution in [0.5, 0.6) is 0 Å². The number of rotatable bonds is 2. The third-order valence-corrected chi connectivity index (χ3v) is 1.94. The Balaban J connectivity index is 2.37. The largest absolute Gasteiger partial charge is 0.384 e. The minimum atomic E-state index is 0.215. The van der Waals surface area contributed by atoms with Crippen molar-refractivity contribution < 1.29 is 4.52 Å². The van der Waals surface area contributed by atoms with Gasteiger partial charge in [0.05, 0.1) is 0 Å². The molecule has 2 heterocycles. The summed E-state index contributed by atoms with van der Waals surface area (Å²) in [5.74, 6) is 1.75. The normalized spacial score (nSPS) is 10.9. The molecule has 0 unspecified atom stereocenters. The third-order valence-electron chi connectivity index (χ3n) is 1.94. The van der Waals surface area contributed by atoms with Gasteiger partial charge in [-0.1, -0.05) is 25.1 Å². The first-order valence-corrected chi connectivity index (χ1v) is 4.73. The van der Waals surface area contributed by atoms with Crippen LogP contribution in [0, 0.1) is 0 Å². The number of pyridine rings is 1. The van der Waals surface area contributed by atoms with E-state index in [0.717, 1.165) is 0 Å². The molecule has 0 bridgehead atoms. The number of hydrogen-bond acceptors (Lipinski definition) is 5. The molecule has 0 atom stereocenters. The van der Waals surface area contributed by atoms with Crippen molar-refractivity contribution in [2.75, 3.05) is 5.73 Å². The minimum absolute atomic E-state index is 0.215. The van der Waals surface area contributed by atoms with E-state index in [4.69, 9.17) is 10.3 Å². The molecule has 0 radical (unpaired) electrons. The fourth-order valence-electron chi connectivity index (χ4n) is 1.15. The number of nitrogen functional groups attached to an aromatic ring is 1. The van der Waals surface area contributed by atoms with Gasteiger partial charge in [0.1, 0.15) is 11.5 Å². The van der Waals surface area contributed by atoms with E-state index in [1.165, 1.54) is 0 Å².